The predicted octanol–water partition coefficient (Wildman–Crippen LogP) is 3.65. The lowest BCUT2D eigenvalue weighted by Crippen LogP contribution is -1.85. The molecule has 0 fully saturated rings. The molecule has 0 bridgehead atoms. The molecule has 0 spiro atoms. The molecule has 1 heteroatoms. The average molecular weight is 180 g/mol. The van der Waals surface area contributed by atoms with Gasteiger partial charge < -0.3 is 0 Å². The Balaban J connectivity index is 2.51. The third-order valence-corrected chi connectivity index (χ3v) is 2.09. The van der Waals surface area contributed by atoms with Gasteiger partial charge in [-0.1, -0.05) is 35.9 Å². The number of aryl methyl sites for hydroxylation is 1. The molecular formula is C11H12Cl. The van der Waals surface area contributed by atoms with Crippen molar-refractivity contribution in [3.05, 3.63) is 47.5 Å². The van der Waals surface area contributed by atoms with Crippen LogP contribution >= 0.6 is 11.6 Å². The molecule has 0 aliphatic heterocycles. The van der Waals surface area contributed by atoms with Crippen LogP contribution in [0.25, 0.3) is 0 Å². The maximum atomic E-state index is 5.92. The van der Waals surface area contributed by atoms with Crippen LogP contribution in [0.1, 0.15) is 18.4 Å². The molecule has 0 aliphatic rings. The molecule has 1 rings (SSSR count). The smallest absolute Gasteiger partial charge is 0.0516 e. The zero-order chi connectivity index (χ0) is 8.81. The number of hydrogen-bond donors (Lipinski definition) is 0. The van der Waals surface area contributed by atoms with E-state index in [2.05, 4.69) is 12.6 Å². The van der Waals surface area contributed by atoms with E-state index in [1.54, 1.807) is 0 Å². The highest BCUT2D eigenvalue weighted by Crippen LogP contribution is 2.16. The van der Waals surface area contributed by atoms with E-state index in [0.717, 1.165) is 24.3 Å². The van der Waals surface area contributed by atoms with Gasteiger partial charge in [0.1, 0.15) is 0 Å². The average Bonchev–Trinajstić information content (AvgIpc) is 2.09. The maximum absolute atomic E-state index is 5.92. The number of halogens is 1. The zero-order valence-electron chi connectivity index (χ0n) is 7.02. The minimum atomic E-state index is 0.751. The predicted molar refractivity (Wildman–Crippen MR) is 53.4 cm³/mol. The summed E-state index contributed by atoms with van der Waals surface area (Å²) in [5.74, 6) is 0. The third kappa shape index (κ3) is 2.71. The number of hydrogen-bond acceptors (Lipinski definition) is 0. The Bertz CT molecular complexity index is 253. The second kappa shape index (κ2) is 5.00. The van der Waals surface area contributed by atoms with Gasteiger partial charge in [0.2, 0.25) is 0 Å². The van der Waals surface area contributed by atoms with Crippen LogP contribution in [0, 0.1) is 6.07 Å². The van der Waals surface area contributed by atoms with Crippen LogP contribution in [0.4, 0.5) is 0 Å². The summed E-state index contributed by atoms with van der Waals surface area (Å²) in [6.07, 6.45) is 5.11. The van der Waals surface area contributed by atoms with Gasteiger partial charge in [-0.25, -0.2) is 0 Å². The van der Waals surface area contributed by atoms with Crippen molar-refractivity contribution in [2.45, 2.75) is 19.3 Å². The first-order valence-corrected chi connectivity index (χ1v) is 4.48. The Morgan fingerprint density at radius 3 is 3.08 bits per heavy atom. The SMILES string of the molecule is C=CCCCc1ccc[c]c1Cl. The van der Waals surface area contributed by atoms with Crippen molar-refractivity contribution < 1.29 is 0 Å². The molecule has 0 saturated heterocycles. The monoisotopic (exact) mass is 179 g/mol. The van der Waals surface area contributed by atoms with Crippen molar-refractivity contribution in [2.24, 2.45) is 0 Å². The standard InChI is InChI=1S/C11H12Cl/c1-2-3-4-7-10-8-5-6-9-11(10)12/h2,5-6,8H,1,3-4,7H2. The lowest BCUT2D eigenvalue weighted by Gasteiger charge is -2.00. The summed E-state index contributed by atoms with van der Waals surface area (Å²) in [7, 11) is 0. The summed E-state index contributed by atoms with van der Waals surface area (Å²) in [6, 6.07) is 8.81. The van der Waals surface area contributed by atoms with E-state index in [1.165, 1.54) is 5.56 Å². The van der Waals surface area contributed by atoms with Gasteiger partial charge >= 0.3 is 0 Å². The Kier molecular flexibility index (Phi) is 3.89. The van der Waals surface area contributed by atoms with Gasteiger partial charge in [-0.15, -0.1) is 6.58 Å². The summed E-state index contributed by atoms with van der Waals surface area (Å²) in [6.45, 7) is 3.67. The summed E-state index contributed by atoms with van der Waals surface area (Å²) >= 11 is 5.92. The van der Waals surface area contributed by atoms with E-state index >= 15 is 0 Å². The van der Waals surface area contributed by atoms with Crippen LogP contribution < -0.4 is 0 Å². The summed E-state index contributed by atoms with van der Waals surface area (Å²) < 4.78 is 0. The van der Waals surface area contributed by atoms with E-state index in [4.69, 9.17) is 11.6 Å². The topological polar surface area (TPSA) is 0 Å². The molecule has 0 amide bonds. The fourth-order valence-corrected chi connectivity index (χ4v) is 1.30. The molecule has 0 aromatic heterocycles. The van der Waals surface area contributed by atoms with Crippen LogP contribution in [0.2, 0.25) is 5.02 Å². The second-order valence-electron chi connectivity index (χ2n) is 2.69. The van der Waals surface area contributed by atoms with Gasteiger partial charge in [-0.05, 0) is 24.8 Å². The zero-order valence-corrected chi connectivity index (χ0v) is 7.77. The van der Waals surface area contributed by atoms with Crippen molar-refractivity contribution >= 4 is 11.6 Å². The first kappa shape index (κ1) is 9.34. The number of rotatable bonds is 4. The van der Waals surface area contributed by atoms with Crippen molar-refractivity contribution in [3.63, 3.8) is 0 Å². The number of benzene rings is 1. The van der Waals surface area contributed by atoms with E-state index < -0.39 is 0 Å². The quantitative estimate of drug-likeness (QED) is 0.489. The Morgan fingerprint density at radius 1 is 1.58 bits per heavy atom. The molecule has 0 aliphatic carbocycles. The van der Waals surface area contributed by atoms with Gasteiger partial charge in [0.05, 0.1) is 5.02 Å². The van der Waals surface area contributed by atoms with E-state index in [-0.39, 0.29) is 0 Å². The largest absolute Gasteiger partial charge is 0.103 e. The van der Waals surface area contributed by atoms with Gasteiger partial charge in [0.25, 0.3) is 0 Å². The van der Waals surface area contributed by atoms with Crippen LogP contribution in [-0.4, -0.2) is 0 Å². The summed E-state index contributed by atoms with van der Waals surface area (Å²) in [5.41, 5.74) is 1.18. The van der Waals surface area contributed by atoms with Crippen molar-refractivity contribution in [2.75, 3.05) is 0 Å². The van der Waals surface area contributed by atoms with Crippen molar-refractivity contribution in [3.8, 4) is 0 Å². The van der Waals surface area contributed by atoms with Crippen molar-refractivity contribution in [1.82, 2.24) is 0 Å². The Morgan fingerprint density at radius 2 is 2.42 bits per heavy atom. The van der Waals surface area contributed by atoms with E-state index in [0.29, 0.717) is 0 Å². The second-order valence-corrected chi connectivity index (χ2v) is 3.07. The lowest BCUT2D eigenvalue weighted by molar-refractivity contribution is 0.844. The fourth-order valence-electron chi connectivity index (χ4n) is 1.08. The molecular weight excluding hydrogens is 168 g/mol. The molecule has 0 atom stereocenters. The van der Waals surface area contributed by atoms with Crippen LogP contribution in [0.3, 0.4) is 0 Å². The van der Waals surface area contributed by atoms with E-state index in [1.807, 2.05) is 24.3 Å². The minimum Gasteiger partial charge on any atom is -0.103 e. The van der Waals surface area contributed by atoms with Gasteiger partial charge in [-0.3, -0.25) is 0 Å². The molecule has 1 aromatic carbocycles. The van der Waals surface area contributed by atoms with Crippen LogP contribution in [0.5, 0.6) is 0 Å². The highest BCUT2D eigenvalue weighted by atomic mass is 35.5. The third-order valence-electron chi connectivity index (χ3n) is 1.74. The van der Waals surface area contributed by atoms with Gasteiger partial charge in [0, 0.05) is 6.07 Å². The Labute approximate surface area is 78.9 Å². The van der Waals surface area contributed by atoms with Crippen LogP contribution in [0.15, 0.2) is 30.9 Å². The molecule has 12 heavy (non-hydrogen) atoms. The molecule has 1 radical (unpaired) electrons. The highest BCUT2D eigenvalue weighted by Gasteiger charge is 1.96. The molecule has 0 unspecified atom stereocenters. The molecule has 0 heterocycles. The lowest BCUT2D eigenvalue weighted by atomic mass is 10.1. The molecule has 1 aromatic rings. The molecule has 0 nitrogen and oxygen atoms in total. The van der Waals surface area contributed by atoms with E-state index in [9.17, 15) is 0 Å². The van der Waals surface area contributed by atoms with Gasteiger partial charge in [0.15, 0.2) is 0 Å². The van der Waals surface area contributed by atoms with Gasteiger partial charge in [-0.2, -0.15) is 0 Å². The summed E-state index contributed by atoms with van der Waals surface area (Å²) in [5, 5.41) is 0.751. The van der Waals surface area contributed by atoms with Crippen LogP contribution in [-0.2, 0) is 6.42 Å². The first-order valence-electron chi connectivity index (χ1n) is 4.10. The fraction of sp³-hybridized carbons (Fsp3) is 0.273. The summed E-state index contributed by atoms with van der Waals surface area (Å²) in [4.78, 5) is 0. The number of unbranched alkanes of at least 4 members (excludes halogenated alkanes) is 1. The normalized spacial score (nSPS) is 9.75. The molecule has 63 valence electrons. The maximum Gasteiger partial charge on any atom is 0.0516 e. The number of allylic oxidation sites excluding steroid dienone is 1. The van der Waals surface area contributed by atoms with Crippen molar-refractivity contribution in [1.29, 1.82) is 0 Å². The molecule has 0 saturated carbocycles. The highest BCUT2D eigenvalue weighted by molar-refractivity contribution is 6.31. The first-order chi connectivity index (χ1) is 5.84. The Hall–Kier alpha value is -0.750. The minimum absolute atomic E-state index is 0.751. The molecule has 0 N–H and O–H groups in total.